The van der Waals surface area contributed by atoms with Crippen LogP contribution in [-0.2, 0) is 9.47 Å². The van der Waals surface area contributed by atoms with E-state index >= 15 is 0 Å². The van der Waals surface area contributed by atoms with Crippen molar-refractivity contribution in [3.05, 3.63) is 0 Å². The second kappa shape index (κ2) is 3.26. The highest BCUT2D eigenvalue weighted by Gasteiger charge is 2.54. The highest BCUT2D eigenvalue weighted by Crippen LogP contribution is 2.48. The molecule has 11 heavy (non-hydrogen) atoms. The third-order valence-corrected chi connectivity index (χ3v) is 3.07. The maximum absolute atomic E-state index is 5.53. The van der Waals surface area contributed by atoms with Gasteiger partial charge in [0.05, 0.1) is 6.61 Å². The van der Waals surface area contributed by atoms with Crippen LogP contribution in [-0.4, -0.2) is 21.2 Å². The molecule has 1 aliphatic heterocycles. The fourth-order valence-corrected chi connectivity index (χ4v) is 1.34. The summed E-state index contributed by atoms with van der Waals surface area (Å²) in [4.78, 5) is 0. The maximum Gasteiger partial charge on any atom is 0.278 e. The smallest absolute Gasteiger partial charge is 0.278 e. The van der Waals surface area contributed by atoms with Crippen molar-refractivity contribution in [1.82, 2.24) is 0 Å². The van der Waals surface area contributed by atoms with E-state index in [9.17, 15) is 0 Å². The van der Waals surface area contributed by atoms with Crippen LogP contribution in [0, 0.1) is 0 Å². The lowest BCUT2D eigenvalue weighted by molar-refractivity contribution is -0.129. The minimum atomic E-state index is -1.83. The molecular formula is C4H3Cl5O2. The second-order valence-electron chi connectivity index (χ2n) is 1.87. The van der Waals surface area contributed by atoms with Crippen molar-refractivity contribution < 1.29 is 9.47 Å². The summed E-state index contributed by atoms with van der Waals surface area (Å²) in [7, 11) is 0. The summed E-state index contributed by atoms with van der Waals surface area (Å²) in [5.41, 5.74) is -0.740. The van der Waals surface area contributed by atoms with Crippen molar-refractivity contribution in [1.29, 1.82) is 0 Å². The Morgan fingerprint density at radius 2 is 1.64 bits per heavy atom. The first-order valence-electron chi connectivity index (χ1n) is 2.57. The van der Waals surface area contributed by atoms with Crippen molar-refractivity contribution in [2.45, 2.75) is 14.6 Å². The van der Waals surface area contributed by atoms with Crippen LogP contribution < -0.4 is 0 Å². The minimum Gasteiger partial charge on any atom is -0.338 e. The summed E-state index contributed by atoms with van der Waals surface area (Å²) < 4.78 is 5.99. The number of ether oxygens (including phenoxy) is 2. The lowest BCUT2D eigenvalue weighted by Gasteiger charge is -2.38. The SMILES string of the molecule is ClC1COC(Cl)(Cl)C(Cl)(Cl)O1. The molecule has 0 saturated carbocycles. The molecule has 1 aliphatic rings. The summed E-state index contributed by atoms with van der Waals surface area (Å²) in [5.74, 6) is 0. The van der Waals surface area contributed by atoms with Crippen LogP contribution in [0.15, 0.2) is 0 Å². The predicted molar refractivity (Wildman–Crippen MR) is 45.6 cm³/mol. The van der Waals surface area contributed by atoms with E-state index in [1.165, 1.54) is 0 Å². The van der Waals surface area contributed by atoms with Crippen molar-refractivity contribution in [3.8, 4) is 0 Å². The molecule has 0 aromatic heterocycles. The van der Waals surface area contributed by atoms with Crippen LogP contribution in [0.4, 0.5) is 0 Å². The lowest BCUT2D eigenvalue weighted by Crippen LogP contribution is -2.49. The molecule has 7 heteroatoms. The van der Waals surface area contributed by atoms with Crippen LogP contribution in [0.1, 0.15) is 0 Å². The highest BCUT2D eigenvalue weighted by molar-refractivity contribution is 6.61. The minimum absolute atomic E-state index is 0.0374. The largest absolute Gasteiger partial charge is 0.338 e. The van der Waals surface area contributed by atoms with Gasteiger partial charge in [-0.15, -0.1) is 0 Å². The van der Waals surface area contributed by atoms with Gasteiger partial charge in [0.2, 0.25) is 0 Å². The van der Waals surface area contributed by atoms with E-state index in [0.29, 0.717) is 0 Å². The van der Waals surface area contributed by atoms with Gasteiger partial charge in [0.15, 0.2) is 5.56 Å². The van der Waals surface area contributed by atoms with Crippen molar-refractivity contribution in [3.63, 3.8) is 0 Å². The number of hydrogen-bond donors (Lipinski definition) is 0. The van der Waals surface area contributed by atoms with Gasteiger partial charge in [0, 0.05) is 0 Å². The number of hydrogen-bond acceptors (Lipinski definition) is 2. The van der Waals surface area contributed by atoms with Gasteiger partial charge in [-0.25, -0.2) is 0 Å². The maximum atomic E-state index is 5.53. The molecule has 66 valence electrons. The quantitative estimate of drug-likeness (QED) is 0.624. The second-order valence-corrected chi connectivity index (χ2v) is 4.88. The Morgan fingerprint density at radius 3 is 2.00 bits per heavy atom. The molecule has 0 aromatic carbocycles. The molecule has 2 nitrogen and oxygen atoms in total. The first-order chi connectivity index (χ1) is 4.85. The molecular weight excluding hydrogens is 257 g/mol. The number of alkyl halides is 5. The van der Waals surface area contributed by atoms with Gasteiger partial charge in [0.25, 0.3) is 9.04 Å². The molecule has 0 spiro atoms. The summed E-state index contributed by atoms with van der Waals surface area (Å²) in [6.45, 7) is 0.0374. The third kappa shape index (κ3) is 2.19. The molecule has 1 unspecified atom stereocenters. The standard InChI is InChI=1S/C4H3Cl5O2/c5-2-1-10-3(6,7)4(8,9)11-2/h2H,1H2. The van der Waals surface area contributed by atoms with Gasteiger partial charge >= 0.3 is 0 Å². The van der Waals surface area contributed by atoms with E-state index in [0.717, 1.165) is 0 Å². The molecule has 0 N–H and O–H groups in total. The first-order valence-corrected chi connectivity index (χ1v) is 4.51. The third-order valence-electron chi connectivity index (χ3n) is 1.01. The zero-order valence-electron chi connectivity index (χ0n) is 4.99. The van der Waals surface area contributed by atoms with Crippen LogP contribution in [0.3, 0.4) is 0 Å². The van der Waals surface area contributed by atoms with Crippen molar-refractivity contribution in [2.75, 3.05) is 6.61 Å². The normalized spacial score (nSPS) is 35.2. The summed E-state index contributed by atoms with van der Waals surface area (Å²) in [6, 6.07) is 0. The van der Waals surface area contributed by atoms with E-state index in [-0.39, 0.29) is 6.61 Å². The molecule has 0 radical (unpaired) electrons. The molecule has 1 rings (SSSR count). The van der Waals surface area contributed by atoms with Crippen molar-refractivity contribution in [2.24, 2.45) is 0 Å². The zero-order valence-corrected chi connectivity index (χ0v) is 8.77. The summed E-state index contributed by atoms with van der Waals surface area (Å²) >= 11 is 27.6. The predicted octanol–water partition coefficient (Wildman–Crippen LogP) is 2.86. The van der Waals surface area contributed by atoms with Gasteiger partial charge in [0.1, 0.15) is 0 Å². The Bertz CT molecular complexity index is 159. The van der Waals surface area contributed by atoms with Gasteiger partial charge in [-0.3, -0.25) is 0 Å². The Kier molecular flexibility index (Phi) is 3.10. The van der Waals surface area contributed by atoms with Gasteiger partial charge in [-0.05, 0) is 0 Å². The summed E-state index contributed by atoms with van der Waals surface area (Å²) in [6.07, 6.45) is 0. The monoisotopic (exact) mass is 258 g/mol. The van der Waals surface area contributed by atoms with E-state index in [2.05, 4.69) is 0 Å². The Hall–Kier alpha value is 1.37. The lowest BCUT2D eigenvalue weighted by atomic mass is 10.6. The molecule has 0 aromatic rings. The number of rotatable bonds is 0. The fourth-order valence-electron chi connectivity index (χ4n) is 0.517. The van der Waals surface area contributed by atoms with Crippen LogP contribution in [0.2, 0.25) is 0 Å². The molecule has 0 amide bonds. The molecule has 1 fully saturated rings. The molecule has 0 bridgehead atoms. The van der Waals surface area contributed by atoms with E-state index in [1.807, 2.05) is 0 Å². The number of halogens is 5. The average Bonchev–Trinajstić information content (AvgIpc) is 1.80. The van der Waals surface area contributed by atoms with Crippen molar-refractivity contribution >= 4 is 58.0 Å². The van der Waals surface area contributed by atoms with E-state index in [4.69, 9.17) is 67.5 Å². The molecule has 1 heterocycles. The Morgan fingerprint density at radius 1 is 1.09 bits per heavy atom. The Balaban J connectivity index is 2.72. The molecule has 0 aliphatic carbocycles. The fraction of sp³-hybridized carbons (Fsp3) is 1.00. The molecule has 1 saturated heterocycles. The average molecular weight is 260 g/mol. The van der Waals surface area contributed by atoms with E-state index < -0.39 is 14.6 Å². The van der Waals surface area contributed by atoms with Gasteiger partial charge < -0.3 is 9.47 Å². The topological polar surface area (TPSA) is 18.5 Å². The first kappa shape index (κ1) is 10.5. The molecule has 1 atom stereocenters. The van der Waals surface area contributed by atoms with Crippen LogP contribution in [0.25, 0.3) is 0 Å². The van der Waals surface area contributed by atoms with Gasteiger partial charge in [-0.2, -0.15) is 0 Å². The zero-order chi connectivity index (χ0) is 8.70. The van der Waals surface area contributed by atoms with Crippen LogP contribution >= 0.6 is 58.0 Å². The van der Waals surface area contributed by atoms with Gasteiger partial charge in [-0.1, -0.05) is 58.0 Å². The van der Waals surface area contributed by atoms with E-state index in [1.54, 1.807) is 0 Å². The summed E-state index contributed by atoms with van der Waals surface area (Å²) in [5, 5.41) is 0. The highest BCUT2D eigenvalue weighted by atomic mass is 35.5. The Labute approximate surface area is 88.6 Å². The van der Waals surface area contributed by atoms with Crippen LogP contribution in [0.5, 0.6) is 0 Å².